The number of anilines is 1. The Labute approximate surface area is 175 Å². The van der Waals surface area contributed by atoms with E-state index in [0.29, 0.717) is 10.6 Å². The SMILES string of the molecule is COC(=O)c1c(NC(=S)NC(NC(C)=O)C(Cl)(Cl)Cl)sc2c1CCCC2. The van der Waals surface area contributed by atoms with Gasteiger partial charge in [-0.1, -0.05) is 34.8 Å². The molecule has 0 aromatic carbocycles. The number of thiophene rings is 1. The number of hydrogen-bond acceptors (Lipinski definition) is 5. The highest BCUT2D eigenvalue weighted by Crippen LogP contribution is 2.38. The lowest BCUT2D eigenvalue weighted by atomic mass is 9.95. The normalized spacial score (nSPS) is 14.8. The van der Waals surface area contributed by atoms with Crippen LogP contribution in [0.15, 0.2) is 0 Å². The number of halogens is 3. The van der Waals surface area contributed by atoms with E-state index in [2.05, 4.69) is 16.0 Å². The van der Waals surface area contributed by atoms with Gasteiger partial charge in [0.05, 0.1) is 12.7 Å². The number of aryl methyl sites for hydroxylation is 1. The Balaban J connectivity index is 2.21. The minimum atomic E-state index is -1.82. The molecular formula is C15H18Cl3N3O3S2. The van der Waals surface area contributed by atoms with Gasteiger partial charge in [-0.05, 0) is 43.5 Å². The van der Waals surface area contributed by atoms with Gasteiger partial charge in [-0.25, -0.2) is 4.79 Å². The first-order valence-electron chi connectivity index (χ1n) is 7.77. The van der Waals surface area contributed by atoms with Crippen LogP contribution >= 0.6 is 58.4 Å². The van der Waals surface area contributed by atoms with Crippen LogP contribution in [0.3, 0.4) is 0 Å². The topological polar surface area (TPSA) is 79.5 Å². The molecule has 26 heavy (non-hydrogen) atoms. The average Bonchev–Trinajstić information content (AvgIpc) is 2.89. The van der Waals surface area contributed by atoms with Gasteiger partial charge in [0.1, 0.15) is 11.2 Å². The van der Waals surface area contributed by atoms with Crippen molar-refractivity contribution < 1.29 is 14.3 Å². The molecule has 1 atom stereocenters. The molecule has 1 heterocycles. The predicted molar refractivity (Wildman–Crippen MR) is 110 cm³/mol. The second-order valence-corrected chi connectivity index (χ2v) is 9.56. The van der Waals surface area contributed by atoms with Gasteiger partial charge in [-0.3, -0.25) is 4.79 Å². The Kier molecular flexibility index (Phi) is 7.38. The summed E-state index contributed by atoms with van der Waals surface area (Å²) in [5, 5.41) is 8.88. The zero-order chi connectivity index (χ0) is 19.5. The van der Waals surface area contributed by atoms with Crippen molar-refractivity contribution in [2.24, 2.45) is 0 Å². The largest absolute Gasteiger partial charge is 0.465 e. The molecule has 0 bridgehead atoms. The Hall–Kier alpha value is -0.800. The van der Waals surface area contributed by atoms with Crippen LogP contribution in [0.5, 0.6) is 0 Å². The predicted octanol–water partition coefficient (Wildman–Crippen LogP) is 3.53. The van der Waals surface area contributed by atoms with Gasteiger partial charge in [0.15, 0.2) is 5.11 Å². The number of amides is 1. The third kappa shape index (κ3) is 5.36. The van der Waals surface area contributed by atoms with Crippen molar-refractivity contribution in [2.45, 2.75) is 42.6 Å². The molecule has 1 aliphatic carbocycles. The Bertz CT molecular complexity index is 719. The Morgan fingerprint density at radius 1 is 1.23 bits per heavy atom. The quantitative estimate of drug-likeness (QED) is 0.277. The van der Waals surface area contributed by atoms with Gasteiger partial charge in [0.25, 0.3) is 0 Å². The van der Waals surface area contributed by atoms with Crippen LogP contribution in [0, 0.1) is 0 Å². The Morgan fingerprint density at radius 3 is 2.46 bits per heavy atom. The average molecular weight is 459 g/mol. The summed E-state index contributed by atoms with van der Waals surface area (Å²) in [5.41, 5.74) is 1.49. The molecule has 1 amide bonds. The van der Waals surface area contributed by atoms with Crippen LogP contribution in [0.1, 0.15) is 40.6 Å². The first-order chi connectivity index (χ1) is 12.1. The number of carbonyl (C=O) groups is 2. The summed E-state index contributed by atoms with van der Waals surface area (Å²) in [7, 11) is 1.34. The number of hydrogen-bond donors (Lipinski definition) is 3. The van der Waals surface area contributed by atoms with Gasteiger partial charge in [0.2, 0.25) is 9.70 Å². The van der Waals surface area contributed by atoms with E-state index in [1.807, 2.05) is 0 Å². The maximum absolute atomic E-state index is 12.2. The molecule has 1 aliphatic rings. The van der Waals surface area contributed by atoms with Crippen molar-refractivity contribution in [2.75, 3.05) is 12.4 Å². The number of fused-ring (bicyclic) bond motifs is 1. The highest BCUT2D eigenvalue weighted by molar-refractivity contribution is 7.80. The number of methoxy groups -OCH3 is 1. The summed E-state index contributed by atoms with van der Waals surface area (Å²) in [6, 6.07) is 0. The minimum Gasteiger partial charge on any atom is -0.465 e. The van der Waals surface area contributed by atoms with Crippen LogP contribution in [0.2, 0.25) is 0 Å². The number of alkyl halides is 3. The Morgan fingerprint density at radius 2 is 1.88 bits per heavy atom. The fourth-order valence-corrected chi connectivity index (χ4v) is 4.54. The van der Waals surface area contributed by atoms with Crippen molar-refractivity contribution in [1.29, 1.82) is 0 Å². The molecular weight excluding hydrogens is 441 g/mol. The van der Waals surface area contributed by atoms with E-state index < -0.39 is 21.8 Å². The zero-order valence-electron chi connectivity index (χ0n) is 14.1. The molecule has 1 unspecified atom stereocenters. The monoisotopic (exact) mass is 457 g/mol. The van der Waals surface area contributed by atoms with Gasteiger partial charge >= 0.3 is 5.97 Å². The molecule has 0 aliphatic heterocycles. The molecule has 2 rings (SSSR count). The van der Waals surface area contributed by atoms with Crippen molar-refractivity contribution >= 4 is 80.3 Å². The van der Waals surface area contributed by atoms with E-state index in [-0.39, 0.29) is 5.11 Å². The van der Waals surface area contributed by atoms with Crippen LogP contribution in [0.4, 0.5) is 5.00 Å². The lowest BCUT2D eigenvalue weighted by molar-refractivity contribution is -0.119. The number of thiocarbonyl (C=S) groups is 1. The number of carbonyl (C=O) groups excluding carboxylic acids is 2. The number of esters is 1. The maximum atomic E-state index is 12.2. The number of ether oxygens (including phenoxy) is 1. The fourth-order valence-electron chi connectivity index (χ4n) is 2.65. The molecule has 0 spiro atoms. The van der Waals surface area contributed by atoms with Crippen molar-refractivity contribution in [1.82, 2.24) is 10.6 Å². The van der Waals surface area contributed by atoms with Crippen molar-refractivity contribution in [3.8, 4) is 0 Å². The molecule has 1 aromatic rings. The third-order valence-corrected chi connectivity index (χ3v) is 5.82. The summed E-state index contributed by atoms with van der Waals surface area (Å²) in [5.74, 6) is -0.812. The second kappa shape index (κ2) is 8.93. The van der Waals surface area contributed by atoms with Crippen LogP contribution in [-0.2, 0) is 22.4 Å². The van der Waals surface area contributed by atoms with E-state index in [1.54, 1.807) is 0 Å². The number of rotatable bonds is 4. The van der Waals surface area contributed by atoms with Gasteiger partial charge in [-0.2, -0.15) is 0 Å². The van der Waals surface area contributed by atoms with E-state index in [1.165, 1.54) is 25.4 Å². The van der Waals surface area contributed by atoms with Gasteiger partial charge < -0.3 is 20.7 Å². The lowest BCUT2D eigenvalue weighted by Crippen LogP contribution is -2.55. The van der Waals surface area contributed by atoms with Crippen LogP contribution in [0.25, 0.3) is 0 Å². The summed E-state index contributed by atoms with van der Waals surface area (Å²) in [6.07, 6.45) is 2.79. The van der Waals surface area contributed by atoms with Crippen LogP contribution < -0.4 is 16.0 Å². The molecule has 1 aromatic heterocycles. The smallest absolute Gasteiger partial charge is 0.341 e. The minimum absolute atomic E-state index is 0.110. The number of nitrogens with one attached hydrogen (secondary N) is 3. The standard InChI is InChI=1S/C15H18Cl3N3O3S2/c1-7(22)19-13(15(16,17)18)21-14(25)20-11-10(12(23)24-2)8-5-3-4-6-9(8)26-11/h13H,3-6H2,1-2H3,(H,19,22)(H2,20,21,25). The molecule has 11 heteroatoms. The third-order valence-electron chi connectivity index (χ3n) is 3.74. The first-order valence-corrected chi connectivity index (χ1v) is 10.1. The van der Waals surface area contributed by atoms with Gasteiger partial charge in [-0.15, -0.1) is 11.3 Å². The lowest BCUT2D eigenvalue weighted by Gasteiger charge is -2.27. The van der Waals surface area contributed by atoms with E-state index in [4.69, 9.17) is 51.8 Å². The highest BCUT2D eigenvalue weighted by atomic mass is 35.6. The zero-order valence-corrected chi connectivity index (χ0v) is 18.0. The molecule has 0 saturated carbocycles. The van der Waals surface area contributed by atoms with E-state index >= 15 is 0 Å². The summed E-state index contributed by atoms with van der Waals surface area (Å²) in [6.45, 7) is 1.30. The summed E-state index contributed by atoms with van der Waals surface area (Å²) >= 11 is 24.3. The molecule has 0 saturated heterocycles. The maximum Gasteiger partial charge on any atom is 0.341 e. The van der Waals surface area contributed by atoms with E-state index in [0.717, 1.165) is 36.1 Å². The first kappa shape index (κ1) is 21.5. The molecule has 6 nitrogen and oxygen atoms in total. The molecule has 144 valence electrons. The second-order valence-electron chi connectivity index (χ2n) is 5.68. The molecule has 0 radical (unpaired) electrons. The molecule has 0 fully saturated rings. The highest BCUT2D eigenvalue weighted by Gasteiger charge is 2.34. The van der Waals surface area contributed by atoms with Gasteiger partial charge in [0, 0.05) is 11.8 Å². The van der Waals surface area contributed by atoms with Crippen molar-refractivity contribution in [3.63, 3.8) is 0 Å². The van der Waals surface area contributed by atoms with Crippen molar-refractivity contribution in [3.05, 3.63) is 16.0 Å². The molecule has 3 N–H and O–H groups in total. The van der Waals surface area contributed by atoms with Crippen LogP contribution in [-0.4, -0.2) is 34.1 Å². The summed E-state index contributed by atoms with van der Waals surface area (Å²) < 4.78 is 3.09. The van der Waals surface area contributed by atoms with E-state index in [9.17, 15) is 9.59 Å². The summed E-state index contributed by atoms with van der Waals surface area (Å²) in [4.78, 5) is 24.7. The fraction of sp³-hybridized carbons (Fsp3) is 0.533.